The Hall–Kier alpha value is -2.11. The Morgan fingerprint density at radius 3 is 2.62 bits per heavy atom. The van der Waals surface area contributed by atoms with Gasteiger partial charge in [0.25, 0.3) is 0 Å². The minimum atomic E-state index is -1.41. The van der Waals surface area contributed by atoms with Gasteiger partial charge in [0, 0.05) is 6.54 Å². The third kappa shape index (κ3) is 3.93. The van der Waals surface area contributed by atoms with Gasteiger partial charge < -0.3 is 14.4 Å². The van der Waals surface area contributed by atoms with Crippen LogP contribution in [0.1, 0.15) is 12.5 Å². The molecular weight excluding hydrogens is 277 g/mol. The Morgan fingerprint density at radius 1 is 1.24 bits per heavy atom. The lowest BCUT2D eigenvalue weighted by Crippen LogP contribution is -2.30. The number of ether oxygens (including phenoxy) is 2. The van der Waals surface area contributed by atoms with Gasteiger partial charge in [0.2, 0.25) is 0 Å². The molecule has 0 radical (unpaired) electrons. The molecule has 0 aromatic heterocycles. The summed E-state index contributed by atoms with van der Waals surface area (Å²) in [5.74, 6) is -1.53. The number of halogens is 1. The van der Waals surface area contributed by atoms with E-state index in [1.54, 1.807) is 6.92 Å². The zero-order chi connectivity index (χ0) is 15.2. The second-order valence-corrected chi connectivity index (χ2v) is 4.82. The number of esters is 1. The average Bonchev–Trinajstić information content (AvgIpc) is 2.88. The summed E-state index contributed by atoms with van der Waals surface area (Å²) in [6.45, 7) is 1.83. The molecule has 1 amide bonds. The maximum atomic E-state index is 13.8. The fourth-order valence-corrected chi connectivity index (χ4v) is 2.20. The molecule has 1 saturated heterocycles. The van der Waals surface area contributed by atoms with Crippen LogP contribution >= 0.6 is 0 Å². The Bertz CT molecular complexity index is 494. The molecule has 0 saturated carbocycles. The Kier molecular flexibility index (Phi) is 5.14. The second kappa shape index (κ2) is 7.06. The van der Waals surface area contributed by atoms with Gasteiger partial charge in [-0.15, -0.1) is 0 Å². The van der Waals surface area contributed by atoms with Crippen LogP contribution in [-0.2, 0) is 20.9 Å². The lowest BCUT2D eigenvalue weighted by Gasteiger charge is -2.15. The monoisotopic (exact) mass is 295 g/mol. The predicted octanol–water partition coefficient (Wildman–Crippen LogP) is 2.16. The maximum absolute atomic E-state index is 13.8. The van der Waals surface area contributed by atoms with E-state index in [9.17, 15) is 14.0 Å². The first-order valence-corrected chi connectivity index (χ1v) is 6.88. The van der Waals surface area contributed by atoms with Gasteiger partial charge in [-0.3, -0.25) is 4.79 Å². The summed E-state index contributed by atoms with van der Waals surface area (Å²) in [4.78, 5) is 24.6. The first kappa shape index (κ1) is 15.3. The molecule has 2 rings (SSSR count). The van der Waals surface area contributed by atoms with E-state index in [4.69, 9.17) is 9.47 Å². The number of benzene rings is 1. The van der Waals surface area contributed by atoms with Gasteiger partial charge in [-0.2, -0.15) is 0 Å². The van der Waals surface area contributed by atoms with Gasteiger partial charge in [-0.05, 0) is 12.5 Å². The predicted molar refractivity (Wildman–Crippen MR) is 73.2 cm³/mol. The number of rotatable bonds is 4. The number of carbonyl (C=O) groups is 2. The van der Waals surface area contributed by atoms with Crippen LogP contribution < -0.4 is 0 Å². The van der Waals surface area contributed by atoms with Crippen molar-refractivity contribution in [2.75, 3.05) is 19.7 Å². The third-order valence-electron chi connectivity index (χ3n) is 3.30. The molecule has 1 aromatic rings. The summed E-state index contributed by atoms with van der Waals surface area (Å²) in [5, 5.41) is 0. The Labute approximate surface area is 122 Å². The van der Waals surface area contributed by atoms with Gasteiger partial charge >= 0.3 is 12.1 Å². The number of carbonyl (C=O) groups excluding carboxylic acids is 2. The van der Waals surface area contributed by atoms with Crippen LogP contribution in [0.3, 0.4) is 0 Å². The molecule has 0 bridgehead atoms. The molecule has 2 atom stereocenters. The van der Waals surface area contributed by atoms with Crippen molar-refractivity contribution in [2.45, 2.75) is 19.7 Å². The summed E-state index contributed by atoms with van der Waals surface area (Å²) in [7, 11) is 0. The minimum Gasteiger partial charge on any atom is -0.466 e. The molecule has 1 fully saturated rings. The van der Waals surface area contributed by atoms with Crippen molar-refractivity contribution in [3.05, 3.63) is 35.9 Å². The van der Waals surface area contributed by atoms with E-state index in [-0.39, 0.29) is 26.3 Å². The fraction of sp³-hybridized carbons (Fsp3) is 0.467. The second-order valence-electron chi connectivity index (χ2n) is 4.82. The zero-order valence-corrected chi connectivity index (χ0v) is 11.8. The number of amides is 1. The molecule has 6 heteroatoms. The van der Waals surface area contributed by atoms with Gasteiger partial charge in [0.05, 0.1) is 13.2 Å². The van der Waals surface area contributed by atoms with Crippen LogP contribution in [-0.4, -0.2) is 42.8 Å². The van der Waals surface area contributed by atoms with Crippen molar-refractivity contribution in [3.8, 4) is 0 Å². The van der Waals surface area contributed by atoms with E-state index in [0.29, 0.717) is 0 Å². The van der Waals surface area contributed by atoms with E-state index in [1.807, 2.05) is 30.3 Å². The molecule has 5 nitrogen and oxygen atoms in total. The first-order valence-electron chi connectivity index (χ1n) is 6.88. The van der Waals surface area contributed by atoms with Crippen LogP contribution in [0.2, 0.25) is 0 Å². The van der Waals surface area contributed by atoms with Crippen LogP contribution in [0.5, 0.6) is 0 Å². The van der Waals surface area contributed by atoms with Crippen LogP contribution in [0.15, 0.2) is 30.3 Å². The highest BCUT2D eigenvalue weighted by atomic mass is 19.1. The largest absolute Gasteiger partial charge is 0.466 e. The molecule has 1 aliphatic rings. The third-order valence-corrected chi connectivity index (χ3v) is 3.30. The van der Waals surface area contributed by atoms with Crippen molar-refractivity contribution >= 4 is 12.1 Å². The summed E-state index contributed by atoms with van der Waals surface area (Å²) in [6.07, 6.45) is -2.03. The summed E-state index contributed by atoms with van der Waals surface area (Å²) < 4.78 is 23.7. The van der Waals surface area contributed by atoms with Crippen molar-refractivity contribution in [2.24, 2.45) is 5.92 Å². The molecule has 1 heterocycles. The van der Waals surface area contributed by atoms with Crippen molar-refractivity contribution in [1.29, 1.82) is 0 Å². The molecule has 0 aliphatic carbocycles. The summed E-state index contributed by atoms with van der Waals surface area (Å²) in [6, 6.07) is 9.21. The molecule has 114 valence electrons. The first-order chi connectivity index (χ1) is 10.1. The summed E-state index contributed by atoms with van der Waals surface area (Å²) >= 11 is 0. The van der Waals surface area contributed by atoms with Gasteiger partial charge in [0.1, 0.15) is 18.7 Å². The molecule has 21 heavy (non-hydrogen) atoms. The standard InChI is InChI=1S/C15H18FNO4/c1-2-20-14(18)12-8-17(9-13(12)16)15(19)21-10-11-6-4-3-5-7-11/h3-7,12-13H,2,8-10H2,1H3/t12-,13+/m0/s1. The van der Waals surface area contributed by atoms with Crippen molar-refractivity contribution in [1.82, 2.24) is 4.90 Å². The van der Waals surface area contributed by atoms with E-state index < -0.39 is 24.2 Å². The molecule has 1 aromatic carbocycles. The maximum Gasteiger partial charge on any atom is 0.410 e. The molecule has 0 spiro atoms. The van der Waals surface area contributed by atoms with Crippen molar-refractivity contribution < 1.29 is 23.5 Å². The highest BCUT2D eigenvalue weighted by Crippen LogP contribution is 2.22. The summed E-state index contributed by atoms with van der Waals surface area (Å²) in [5.41, 5.74) is 0.851. The zero-order valence-electron chi connectivity index (χ0n) is 11.8. The molecular formula is C15H18FNO4. The lowest BCUT2D eigenvalue weighted by atomic mass is 10.1. The van der Waals surface area contributed by atoms with Crippen molar-refractivity contribution in [3.63, 3.8) is 0 Å². The highest BCUT2D eigenvalue weighted by molar-refractivity contribution is 5.76. The highest BCUT2D eigenvalue weighted by Gasteiger charge is 2.41. The number of likely N-dealkylation sites (tertiary alicyclic amines) is 1. The lowest BCUT2D eigenvalue weighted by molar-refractivity contribution is -0.149. The quantitative estimate of drug-likeness (QED) is 0.799. The van der Waals surface area contributed by atoms with Crippen LogP contribution in [0.4, 0.5) is 9.18 Å². The number of hydrogen-bond donors (Lipinski definition) is 0. The molecule has 0 unspecified atom stereocenters. The van der Waals surface area contributed by atoms with Crippen LogP contribution in [0, 0.1) is 5.92 Å². The topological polar surface area (TPSA) is 55.8 Å². The Balaban J connectivity index is 1.85. The van der Waals surface area contributed by atoms with E-state index in [2.05, 4.69) is 0 Å². The SMILES string of the molecule is CCOC(=O)[C@H]1CN(C(=O)OCc2ccccc2)C[C@H]1F. The average molecular weight is 295 g/mol. The Morgan fingerprint density at radius 2 is 1.95 bits per heavy atom. The van der Waals surface area contributed by atoms with Gasteiger partial charge in [0.15, 0.2) is 0 Å². The smallest absolute Gasteiger partial charge is 0.410 e. The van der Waals surface area contributed by atoms with E-state index in [0.717, 1.165) is 5.56 Å². The number of hydrogen-bond acceptors (Lipinski definition) is 4. The van der Waals surface area contributed by atoms with Gasteiger partial charge in [-0.1, -0.05) is 30.3 Å². The van der Waals surface area contributed by atoms with Crippen LogP contribution in [0.25, 0.3) is 0 Å². The van der Waals surface area contributed by atoms with Gasteiger partial charge in [-0.25, -0.2) is 9.18 Å². The fourth-order valence-electron chi connectivity index (χ4n) is 2.20. The van der Waals surface area contributed by atoms with E-state index in [1.165, 1.54) is 4.90 Å². The normalized spacial score (nSPS) is 21.1. The number of nitrogens with zero attached hydrogens (tertiary/aromatic N) is 1. The molecule has 1 aliphatic heterocycles. The van der Waals surface area contributed by atoms with E-state index >= 15 is 0 Å². The minimum absolute atomic E-state index is 0.00633. The molecule has 0 N–H and O–H groups in total. The number of alkyl halides is 1.